The molecule has 0 amide bonds. The minimum atomic E-state index is -3.71. The molecular formula is C16H17BrN2O4S. The van der Waals surface area contributed by atoms with Gasteiger partial charge in [-0.05, 0) is 47.1 Å². The number of methoxy groups -OCH3 is 2. The highest BCUT2D eigenvalue weighted by atomic mass is 79.9. The molecule has 2 aromatic carbocycles. The number of nitrogens with zero attached hydrogens (tertiary/aromatic N) is 1. The van der Waals surface area contributed by atoms with Crippen LogP contribution in [0.15, 0.2) is 50.9 Å². The van der Waals surface area contributed by atoms with Gasteiger partial charge in [-0.15, -0.1) is 0 Å². The number of nitrogens with one attached hydrogen (secondary N) is 1. The number of rotatable bonds is 6. The number of halogens is 1. The van der Waals surface area contributed by atoms with E-state index in [1.165, 1.54) is 32.6 Å². The van der Waals surface area contributed by atoms with E-state index < -0.39 is 10.0 Å². The minimum Gasteiger partial charge on any atom is -0.493 e. The summed E-state index contributed by atoms with van der Waals surface area (Å²) in [5, 5.41) is 3.81. The zero-order valence-electron chi connectivity index (χ0n) is 13.4. The van der Waals surface area contributed by atoms with Gasteiger partial charge in [0.1, 0.15) is 0 Å². The van der Waals surface area contributed by atoms with Crippen molar-refractivity contribution in [3.63, 3.8) is 0 Å². The van der Waals surface area contributed by atoms with Crippen molar-refractivity contribution in [3.8, 4) is 11.5 Å². The summed E-state index contributed by atoms with van der Waals surface area (Å²) in [5.41, 5.74) is 1.62. The van der Waals surface area contributed by atoms with Gasteiger partial charge in [0.25, 0.3) is 10.0 Å². The van der Waals surface area contributed by atoms with E-state index in [0.29, 0.717) is 21.5 Å². The number of hydrogen-bond acceptors (Lipinski definition) is 5. The fourth-order valence-corrected chi connectivity index (χ4v) is 3.12. The maximum Gasteiger partial charge on any atom is 0.276 e. The van der Waals surface area contributed by atoms with Crippen LogP contribution in [0.5, 0.6) is 11.5 Å². The molecule has 0 fully saturated rings. The predicted molar refractivity (Wildman–Crippen MR) is 96.3 cm³/mol. The topological polar surface area (TPSA) is 77.0 Å². The fourth-order valence-electron chi connectivity index (χ4n) is 1.90. The van der Waals surface area contributed by atoms with Gasteiger partial charge in [0.2, 0.25) is 0 Å². The van der Waals surface area contributed by atoms with Crippen LogP contribution < -0.4 is 14.3 Å². The van der Waals surface area contributed by atoms with Crippen molar-refractivity contribution in [1.82, 2.24) is 4.83 Å². The average molecular weight is 413 g/mol. The van der Waals surface area contributed by atoms with Crippen LogP contribution >= 0.6 is 15.9 Å². The molecule has 0 spiro atoms. The average Bonchev–Trinajstić information content (AvgIpc) is 2.56. The summed E-state index contributed by atoms with van der Waals surface area (Å²) in [5.74, 6) is 1.07. The summed E-state index contributed by atoms with van der Waals surface area (Å²) in [6.07, 6.45) is 1.39. The third-order valence-electron chi connectivity index (χ3n) is 3.21. The summed E-state index contributed by atoms with van der Waals surface area (Å²) < 4.78 is 35.4. The minimum absolute atomic E-state index is 0.150. The van der Waals surface area contributed by atoms with Gasteiger partial charge in [0.15, 0.2) is 11.5 Å². The van der Waals surface area contributed by atoms with Crippen molar-refractivity contribution >= 4 is 32.2 Å². The Balaban J connectivity index is 2.21. The monoisotopic (exact) mass is 412 g/mol. The van der Waals surface area contributed by atoms with Crippen molar-refractivity contribution in [2.24, 2.45) is 5.10 Å². The number of benzene rings is 2. The third kappa shape index (κ3) is 4.27. The number of aryl methyl sites for hydroxylation is 1. The van der Waals surface area contributed by atoms with Gasteiger partial charge in [0.05, 0.1) is 25.3 Å². The van der Waals surface area contributed by atoms with Crippen LogP contribution in [-0.2, 0) is 10.0 Å². The molecule has 128 valence electrons. The van der Waals surface area contributed by atoms with Crippen LogP contribution in [0.25, 0.3) is 0 Å². The maximum absolute atomic E-state index is 12.2. The van der Waals surface area contributed by atoms with Crippen molar-refractivity contribution in [1.29, 1.82) is 0 Å². The van der Waals surface area contributed by atoms with Gasteiger partial charge < -0.3 is 9.47 Å². The molecule has 0 atom stereocenters. The lowest BCUT2D eigenvalue weighted by atomic mass is 10.2. The molecule has 0 aliphatic carbocycles. The third-order valence-corrected chi connectivity index (χ3v) is 5.14. The molecule has 2 rings (SSSR count). The first-order valence-electron chi connectivity index (χ1n) is 6.90. The molecule has 24 heavy (non-hydrogen) atoms. The number of hydrogen-bond donors (Lipinski definition) is 1. The maximum atomic E-state index is 12.2. The fraction of sp³-hybridized carbons (Fsp3) is 0.188. The lowest BCUT2D eigenvalue weighted by molar-refractivity contribution is 0.354. The highest BCUT2D eigenvalue weighted by molar-refractivity contribution is 9.10. The Morgan fingerprint density at radius 2 is 1.67 bits per heavy atom. The molecule has 0 bridgehead atoms. The summed E-state index contributed by atoms with van der Waals surface area (Å²) in [7, 11) is -0.652. The van der Waals surface area contributed by atoms with E-state index in [9.17, 15) is 8.42 Å². The van der Waals surface area contributed by atoms with E-state index in [4.69, 9.17) is 9.47 Å². The largest absolute Gasteiger partial charge is 0.493 e. The highest BCUT2D eigenvalue weighted by Crippen LogP contribution is 2.32. The van der Waals surface area contributed by atoms with Gasteiger partial charge in [-0.2, -0.15) is 13.5 Å². The van der Waals surface area contributed by atoms with E-state index in [1.54, 1.807) is 24.3 Å². The lowest BCUT2D eigenvalue weighted by Gasteiger charge is -2.09. The van der Waals surface area contributed by atoms with E-state index in [1.807, 2.05) is 6.92 Å². The molecule has 0 aliphatic rings. The van der Waals surface area contributed by atoms with E-state index in [0.717, 1.165) is 5.56 Å². The summed E-state index contributed by atoms with van der Waals surface area (Å²) >= 11 is 3.38. The first-order valence-corrected chi connectivity index (χ1v) is 9.18. The van der Waals surface area contributed by atoms with Crippen molar-refractivity contribution in [3.05, 3.63) is 52.0 Å². The van der Waals surface area contributed by atoms with E-state index >= 15 is 0 Å². The van der Waals surface area contributed by atoms with E-state index in [-0.39, 0.29) is 4.90 Å². The highest BCUT2D eigenvalue weighted by Gasteiger charge is 2.12. The first kappa shape index (κ1) is 18.3. The Bertz CT molecular complexity index is 849. The molecule has 0 unspecified atom stereocenters. The van der Waals surface area contributed by atoms with Gasteiger partial charge in [-0.25, -0.2) is 4.83 Å². The SMILES string of the molecule is COc1cc(Br)c(C=NNS(=O)(=O)c2ccc(C)cc2)cc1OC. The zero-order valence-corrected chi connectivity index (χ0v) is 15.8. The number of hydrazone groups is 1. The van der Waals surface area contributed by atoms with Crippen molar-refractivity contribution in [2.75, 3.05) is 14.2 Å². The molecule has 0 saturated heterocycles. The Morgan fingerprint density at radius 1 is 1.08 bits per heavy atom. The second-order valence-electron chi connectivity index (χ2n) is 4.89. The molecule has 1 N–H and O–H groups in total. The van der Waals surface area contributed by atoms with Crippen LogP contribution in [0, 0.1) is 6.92 Å². The van der Waals surface area contributed by atoms with Gasteiger partial charge in [-0.1, -0.05) is 17.7 Å². The number of ether oxygens (including phenoxy) is 2. The molecule has 0 radical (unpaired) electrons. The number of sulfonamides is 1. The second kappa shape index (κ2) is 7.67. The smallest absolute Gasteiger partial charge is 0.276 e. The molecule has 0 saturated carbocycles. The van der Waals surface area contributed by atoms with Gasteiger partial charge >= 0.3 is 0 Å². The lowest BCUT2D eigenvalue weighted by Crippen LogP contribution is -2.18. The molecule has 2 aromatic rings. The van der Waals surface area contributed by atoms with E-state index in [2.05, 4.69) is 25.9 Å². The summed E-state index contributed by atoms with van der Waals surface area (Å²) in [4.78, 5) is 2.33. The Morgan fingerprint density at radius 3 is 2.25 bits per heavy atom. The molecular weight excluding hydrogens is 396 g/mol. The molecule has 6 nitrogen and oxygen atoms in total. The molecule has 8 heteroatoms. The Kier molecular flexibility index (Phi) is 5.84. The van der Waals surface area contributed by atoms with Gasteiger partial charge in [0, 0.05) is 10.0 Å². The summed E-state index contributed by atoms with van der Waals surface area (Å²) in [6.45, 7) is 1.89. The predicted octanol–water partition coefficient (Wildman–Crippen LogP) is 3.09. The normalized spacial score (nSPS) is 11.5. The molecule has 0 aromatic heterocycles. The van der Waals surface area contributed by atoms with Crippen molar-refractivity contribution < 1.29 is 17.9 Å². The quantitative estimate of drug-likeness (QED) is 0.583. The first-order chi connectivity index (χ1) is 11.4. The van der Waals surface area contributed by atoms with Crippen LogP contribution in [0.2, 0.25) is 0 Å². The van der Waals surface area contributed by atoms with Crippen LogP contribution in [0.3, 0.4) is 0 Å². The molecule has 0 aliphatic heterocycles. The molecule has 0 heterocycles. The van der Waals surface area contributed by atoms with Crippen molar-refractivity contribution in [2.45, 2.75) is 11.8 Å². The van der Waals surface area contributed by atoms with Gasteiger partial charge in [-0.3, -0.25) is 0 Å². The zero-order chi connectivity index (χ0) is 17.7. The standard InChI is InChI=1S/C16H17BrN2O4S/c1-11-4-6-13(7-5-11)24(20,21)19-18-10-12-8-15(22-2)16(23-3)9-14(12)17/h4-10,19H,1-3H3. The summed E-state index contributed by atoms with van der Waals surface area (Å²) in [6, 6.07) is 9.91. The van der Waals surface area contributed by atoms with Crippen LogP contribution in [0.1, 0.15) is 11.1 Å². The van der Waals surface area contributed by atoms with Crippen LogP contribution in [0.4, 0.5) is 0 Å². The van der Waals surface area contributed by atoms with Crippen LogP contribution in [-0.4, -0.2) is 28.9 Å². The Labute approximate surface area is 149 Å². The Hall–Kier alpha value is -2.06. The second-order valence-corrected chi connectivity index (χ2v) is 7.41.